The van der Waals surface area contributed by atoms with Crippen LogP contribution in [-0.4, -0.2) is 16.4 Å². The van der Waals surface area contributed by atoms with Crippen molar-refractivity contribution in [3.05, 3.63) is 74.3 Å². The molecule has 0 unspecified atom stereocenters. The molecule has 0 saturated carbocycles. The van der Waals surface area contributed by atoms with Crippen molar-refractivity contribution < 1.29 is 0 Å². The van der Waals surface area contributed by atoms with Gasteiger partial charge in [0.15, 0.2) is 0 Å². The zero-order valence-electron chi connectivity index (χ0n) is 15.3. The third kappa shape index (κ3) is 4.44. The number of benzene rings is 2. The molecule has 0 bridgehead atoms. The molecule has 0 spiro atoms. The molecular weight excluding hydrogens is 420 g/mol. The van der Waals surface area contributed by atoms with Gasteiger partial charge in [-0.3, -0.25) is 4.99 Å². The summed E-state index contributed by atoms with van der Waals surface area (Å²) in [7, 11) is 0. The molecule has 3 aromatic rings. The first-order chi connectivity index (χ1) is 13.0. The van der Waals surface area contributed by atoms with Crippen LogP contribution in [0.15, 0.2) is 68.5 Å². The minimum absolute atomic E-state index is 0.174. The SMILES string of the molecule is CC(=Nn1c(-c2ccccc2Br)csc1=NC(C)C)c1ccc(C#N)cc1. The van der Waals surface area contributed by atoms with Crippen molar-refractivity contribution in [1.82, 2.24) is 4.68 Å². The first-order valence-corrected chi connectivity index (χ1v) is 10.2. The standard InChI is InChI=1S/C21H19BrN4S/c1-14(2)24-21-26(20(13-27-21)18-6-4-5-7-19(18)22)25-15(3)17-10-8-16(12-23)9-11-17/h4-11,13-14H,1-3H3. The molecular formula is C21H19BrN4S. The lowest BCUT2D eigenvalue weighted by molar-refractivity contribution is 0.752. The van der Waals surface area contributed by atoms with E-state index < -0.39 is 0 Å². The molecule has 3 rings (SSSR count). The number of rotatable bonds is 4. The van der Waals surface area contributed by atoms with Crippen LogP contribution in [0.2, 0.25) is 0 Å². The number of nitrogens with zero attached hydrogens (tertiary/aromatic N) is 4. The number of aromatic nitrogens is 1. The molecule has 0 N–H and O–H groups in total. The van der Waals surface area contributed by atoms with Gasteiger partial charge in [-0.25, -0.2) is 4.68 Å². The second kappa shape index (κ2) is 8.47. The summed E-state index contributed by atoms with van der Waals surface area (Å²) in [5, 5.41) is 15.9. The lowest BCUT2D eigenvalue weighted by Crippen LogP contribution is -2.16. The molecule has 1 aromatic heterocycles. The number of thiazole rings is 1. The summed E-state index contributed by atoms with van der Waals surface area (Å²) < 4.78 is 2.91. The Morgan fingerprint density at radius 3 is 2.48 bits per heavy atom. The van der Waals surface area contributed by atoms with E-state index in [2.05, 4.69) is 47.3 Å². The fraction of sp³-hybridized carbons (Fsp3) is 0.190. The minimum Gasteiger partial charge on any atom is -0.255 e. The van der Waals surface area contributed by atoms with Crippen LogP contribution in [0.1, 0.15) is 31.9 Å². The molecule has 0 aliphatic rings. The smallest absolute Gasteiger partial charge is 0.206 e. The Morgan fingerprint density at radius 1 is 1.15 bits per heavy atom. The Kier molecular flexibility index (Phi) is 6.04. The molecule has 136 valence electrons. The van der Waals surface area contributed by atoms with Gasteiger partial charge in [-0.2, -0.15) is 10.4 Å². The van der Waals surface area contributed by atoms with Gasteiger partial charge in [-0.05, 0) is 44.5 Å². The number of hydrogen-bond acceptors (Lipinski definition) is 4. The van der Waals surface area contributed by atoms with Crippen LogP contribution in [0.3, 0.4) is 0 Å². The molecule has 0 saturated heterocycles. The summed E-state index contributed by atoms with van der Waals surface area (Å²) in [5.74, 6) is 0. The van der Waals surface area contributed by atoms with E-state index in [0.717, 1.165) is 31.8 Å². The molecule has 27 heavy (non-hydrogen) atoms. The molecule has 0 atom stereocenters. The van der Waals surface area contributed by atoms with Crippen LogP contribution in [0.25, 0.3) is 11.3 Å². The predicted molar refractivity (Wildman–Crippen MR) is 115 cm³/mol. The van der Waals surface area contributed by atoms with Crippen LogP contribution in [0, 0.1) is 11.3 Å². The molecule has 2 aromatic carbocycles. The van der Waals surface area contributed by atoms with Crippen molar-refractivity contribution in [2.75, 3.05) is 0 Å². The van der Waals surface area contributed by atoms with E-state index in [1.165, 1.54) is 0 Å². The minimum atomic E-state index is 0.174. The monoisotopic (exact) mass is 438 g/mol. The van der Waals surface area contributed by atoms with Crippen molar-refractivity contribution in [2.24, 2.45) is 10.1 Å². The highest BCUT2D eigenvalue weighted by Gasteiger charge is 2.11. The second-order valence-electron chi connectivity index (χ2n) is 6.29. The first kappa shape index (κ1) is 19.3. The topological polar surface area (TPSA) is 53.4 Å². The molecule has 4 nitrogen and oxygen atoms in total. The lowest BCUT2D eigenvalue weighted by Gasteiger charge is -2.08. The number of halogens is 1. The summed E-state index contributed by atoms with van der Waals surface area (Å²) in [6.07, 6.45) is 0. The third-order valence-corrected chi connectivity index (χ3v) is 5.41. The number of nitriles is 1. The maximum absolute atomic E-state index is 8.98. The van der Waals surface area contributed by atoms with E-state index >= 15 is 0 Å². The lowest BCUT2D eigenvalue weighted by atomic mass is 10.1. The van der Waals surface area contributed by atoms with Crippen LogP contribution in [0.4, 0.5) is 0 Å². The van der Waals surface area contributed by atoms with Crippen LogP contribution in [-0.2, 0) is 0 Å². The maximum atomic E-state index is 8.98. The highest BCUT2D eigenvalue weighted by Crippen LogP contribution is 2.28. The Hall–Kier alpha value is -2.49. The molecule has 0 aliphatic heterocycles. The summed E-state index contributed by atoms with van der Waals surface area (Å²) >= 11 is 5.21. The maximum Gasteiger partial charge on any atom is 0.206 e. The Bertz CT molecular complexity index is 1080. The van der Waals surface area contributed by atoms with Crippen molar-refractivity contribution >= 4 is 33.0 Å². The Labute approximate surface area is 171 Å². The van der Waals surface area contributed by atoms with Gasteiger partial charge >= 0.3 is 0 Å². The quantitative estimate of drug-likeness (QED) is 0.500. The van der Waals surface area contributed by atoms with Gasteiger partial charge in [-0.15, -0.1) is 11.3 Å². The normalized spacial score (nSPS) is 12.4. The predicted octanol–water partition coefficient (Wildman–Crippen LogP) is 5.43. The van der Waals surface area contributed by atoms with Crippen LogP contribution >= 0.6 is 27.3 Å². The van der Waals surface area contributed by atoms with Crippen LogP contribution < -0.4 is 4.80 Å². The zero-order chi connectivity index (χ0) is 19.4. The molecule has 0 amide bonds. The van der Waals surface area contributed by atoms with Crippen molar-refractivity contribution in [2.45, 2.75) is 26.8 Å². The van der Waals surface area contributed by atoms with E-state index in [9.17, 15) is 0 Å². The highest BCUT2D eigenvalue weighted by molar-refractivity contribution is 9.10. The molecule has 0 fully saturated rings. The van der Waals surface area contributed by atoms with Gasteiger partial charge in [0.05, 0.1) is 23.0 Å². The summed E-state index contributed by atoms with van der Waals surface area (Å²) in [6.45, 7) is 6.08. The van der Waals surface area contributed by atoms with Gasteiger partial charge < -0.3 is 0 Å². The average Bonchev–Trinajstić information content (AvgIpc) is 3.03. The Balaban J connectivity index is 2.16. The molecule has 0 radical (unpaired) electrons. The first-order valence-electron chi connectivity index (χ1n) is 8.55. The van der Waals surface area contributed by atoms with Crippen molar-refractivity contribution in [1.29, 1.82) is 5.26 Å². The summed E-state index contributed by atoms with van der Waals surface area (Å²) in [6, 6.07) is 17.9. The highest BCUT2D eigenvalue weighted by atomic mass is 79.9. The summed E-state index contributed by atoms with van der Waals surface area (Å²) in [5.41, 5.74) is 4.52. The average molecular weight is 439 g/mol. The second-order valence-corrected chi connectivity index (χ2v) is 7.98. The van der Waals surface area contributed by atoms with Gasteiger partial charge in [-0.1, -0.05) is 46.3 Å². The zero-order valence-corrected chi connectivity index (χ0v) is 17.8. The largest absolute Gasteiger partial charge is 0.255 e. The fourth-order valence-corrected chi connectivity index (χ4v) is 4.00. The van der Waals surface area contributed by atoms with Crippen LogP contribution in [0.5, 0.6) is 0 Å². The molecule has 6 heteroatoms. The van der Waals surface area contributed by atoms with Gasteiger partial charge in [0.1, 0.15) is 0 Å². The van der Waals surface area contributed by atoms with E-state index in [1.807, 2.05) is 41.9 Å². The van der Waals surface area contributed by atoms with E-state index in [0.29, 0.717) is 5.56 Å². The summed E-state index contributed by atoms with van der Waals surface area (Å²) in [4.78, 5) is 5.58. The van der Waals surface area contributed by atoms with Crippen molar-refractivity contribution in [3.8, 4) is 17.3 Å². The van der Waals surface area contributed by atoms with E-state index in [1.54, 1.807) is 23.5 Å². The molecule has 1 heterocycles. The van der Waals surface area contributed by atoms with Gasteiger partial charge in [0.2, 0.25) is 4.80 Å². The number of hydrogen-bond donors (Lipinski definition) is 0. The fourth-order valence-electron chi connectivity index (χ4n) is 2.55. The molecule has 0 aliphatic carbocycles. The van der Waals surface area contributed by atoms with E-state index in [4.69, 9.17) is 15.4 Å². The van der Waals surface area contributed by atoms with Crippen molar-refractivity contribution in [3.63, 3.8) is 0 Å². The van der Waals surface area contributed by atoms with Gasteiger partial charge in [0.25, 0.3) is 0 Å². The third-order valence-electron chi connectivity index (χ3n) is 3.89. The Morgan fingerprint density at radius 2 is 1.85 bits per heavy atom. The van der Waals surface area contributed by atoms with Gasteiger partial charge in [0, 0.05) is 21.5 Å². The van der Waals surface area contributed by atoms with E-state index in [-0.39, 0.29) is 6.04 Å².